The SMILES string of the molecule is Cc1ccc(C(=O)N(C)Cc2cccnc2)c(N)c1. The highest BCUT2D eigenvalue weighted by atomic mass is 16.2. The van der Waals surface area contributed by atoms with Gasteiger partial charge in [0.25, 0.3) is 5.91 Å². The van der Waals surface area contributed by atoms with E-state index in [1.54, 1.807) is 30.4 Å². The van der Waals surface area contributed by atoms with Crippen molar-refractivity contribution in [2.75, 3.05) is 12.8 Å². The molecule has 0 aliphatic heterocycles. The molecule has 98 valence electrons. The first-order chi connectivity index (χ1) is 9.08. The number of anilines is 1. The molecular formula is C15H17N3O. The molecule has 0 aliphatic carbocycles. The van der Waals surface area contributed by atoms with E-state index < -0.39 is 0 Å². The summed E-state index contributed by atoms with van der Waals surface area (Å²) in [6, 6.07) is 9.27. The Hall–Kier alpha value is -2.36. The molecular weight excluding hydrogens is 238 g/mol. The Morgan fingerprint density at radius 1 is 1.37 bits per heavy atom. The standard InChI is InChI=1S/C15H17N3O/c1-11-5-6-13(14(16)8-11)15(19)18(2)10-12-4-3-7-17-9-12/h3-9H,10,16H2,1-2H3. The first-order valence-electron chi connectivity index (χ1n) is 6.08. The Morgan fingerprint density at radius 2 is 2.16 bits per heavy atom. The molecule has 0 unspecified atom stereocenters. The molecule has 0 saturated heterocycles. The topological polar surface area (TPSA) is 59.2 Å². The largest absolute Gasteiger partial charge is 0.398 e. The van der Waals surface area contributed by atoms with Gasteiger partial charge in [-0.05, 0) is 36.2 Å². The number of nitrogen functional groups attached to an aromatic ring is 1. The van der Waals surface area contributed by atoms with Crippen molar-refractivity contribution >= 4 is 11.6 Å². The molecule has 0 radical (unpaired) electrons. The molecule has 0 aliphatic rings. The van der Waals surface area contributed by atoms with Gasteiger partial charge < -0.3 is 10.6 Å². The van der Waals surface area contributed by atoms with E-state index >= 15 is 0 Å². The molecule has 4 nitrogen and oxygen atoms in total. The van der Waals surface area contributed by atoms with Crippen LogP contribution in [0.25, 0.3) is 0 Å². The number of rotatable bonds is 3. The Morgan fingerprint density at radius 3 is 2.79 bits per heavy atom. The summed E-state index contributed by atoms with van der Waals surface area (Å²) in [5.41, 5.74) is 8.98. The van der Waals surface area contributed by atoms with Crippen LogP contribution in [0.15, 0.2) is 42.7 Å². The second-order valence-corrected chi connectivity index (χ2v) is 4.61. The number of aryl methyl sites for hydroxylation is 1. The fourth-order valence-electron chi connectivity index (χ4n) is 1.92. The lowest BCUT2D eigenvalue weighted by atomic mass is 10.1. The molecule has 0 atom stereocenters. The zero-order valence-corrected chi connectivity index (χ0v) is 11.1. The summed E-state index contributed by atoms with van der Waals surface area (Å²) >= 11 is 0. The molecule has 0 spiro atoms. The highest BCUT2D eigenvalue weighted by Crippen LogP contribution is 2.16. The van der Waals surface area contributed by atoms with Gasteiger partial charge in [0, 0.05) is 31.7 Å². The van der Waals surface area contributed by atoms with E-state index in [-0.39, 0.29) is 5.91 Å². The van der Waals surface area contributed by atoms with Gasteiger partial charge in [-0.15, -0.1) is 0 Å². The van der Waals surface area contributed by atoms with Crippen molar-refractivity contribution in [1.82, 2.24) is 9.88 Å². The molecule has 0 saturated carbocycles. The maximum absolute atomic E-state index is 12.3. The molecule has 2 N–H and O–H groups in total. The first kappa shape index (κ1) is 13.1. The zero-order valence-electron chi connectivity index (χ0n) is 11.1. The van der Waals surface area contributed by atoms with Crippen molar-refractivity contribution in [3.8, 4) is 0 Å². The number of hydrogen-bond donors (Lipinski definition) is 1. The van der Waals surface area contributed by atoms with Crippen LogP contribution in [0.2, 0.25) is 0 Å². The highest BCUT2D eigenvalue weighted by molar-refractivity contribution is 5.99. The lowest BCUT2D eigenvalue weighted by molar-refractivity contribution is 0.0786. The molecule has 1 aromatic carbocycles. The summed E-state index contributed by atoms with van der Waals surface area (Å²) in [7, 11) is 1.76. The minimum Gasteiger partial charge on any atom is -0.398 e. The summed E-state index contributed by atoms with van der Waals surface area (Å²) in [4.78, 5) is 18.0. The third kappa shape index (κ3) is 3.10. The van der Waals surface area contributed by atoms with E-state index in [9.17, 15) is 4.79 Å². The number of nitrogens with two attached hydrogens (primary N) is 1. The number of nitrogens with zero attached hydrogens (tertiary/aromatic N) is 2. The van der Waals surface area contributed by atoms with Crippen LogP contribution in [-0.2, 0) is 6.54 Å². The van der Waals surface area contributed by atoms with Crippen LogP contribution >= 0.6 is 0 Å². The van der Waals surface area contributed by atoms with E-state index in [1.807, 2.05) is 31.2 Å². The normalized spacial score (nSPS) is 10.2. The number of carbonyl (C=O) groups excluding carboxylic acids is 1. The Bertz CT molecular complexity index is 581. The van der Waals surface area contributed by atoms with Crippen LogP contribution in [0.1, 0.15) is 21.5 Å². The Labute approximate surface area is 112 Å². The van der Waals surface area contributed by atoms with Crippen LogP contribution in [0.5, 0.6) is 0 Å². The van der Waals surface area contributed by atoms with Gasteiger partial charge in [0.15, 0.2) is 0 Å². The second kappa shape index (κ2) is 5.52. The first-order valence-corrected chi connectivity index (χ1v) is 6.08. The van der Waals surface area contributed by atoms with Gasteiger partial charge in [0.2, 0.25) is 0 Å². The predicted octanol–water partition coefficient (Wildman–Crippen LogP) is 2.24. The van der Waals surface area contributed by atoms with Crippen LogP contribution in [-0.4, -0.2) is 22.8 Å². The summed E-state index contributed by atoms with van der Waals surface area (Å²) in [6.45, 7) is 2.46. The van der Waals surface area contributed by atoms with Crippen molar-refractivity contribution < 1.29 is 4.79 Å². The number of amides is 1. The number of benzene rings is 1. The van der Waals surface area contributed by atoms with E-state index in [1.165, 1.54) is 0 Å². The van der Waals surface area contributed by atoms with Crippen LogP contribution in [0.3, 0.4) is 0 Å². The molecule has 2 aromatic rings. The quantitative estimate of drug-likeness (QED) is 0.856. The summed E-state index contributed by atoms with van der Waals surface area (Å²) in [6.07, 6.45) is 3.46. The summed E-state index contributed by atoms with van der Waals surface area (Å²) in [5, 5.41) is 0. The van der Waals surface area contributed by atoms with E-state index in [4.69, 9.17) is 5.73 Å². The van der Waals surface area contributed by atoms with Gasteiger partial charge in [-0.25, -0.2) is 0 Å². The van der Waals surface area contributed by atoms with Crippen molar-refractivity contribution in [2.45, 2.75) is 13.5 Å². The molecule has 1 aromatic heterocycles. The number of pyridine rings is 1. The van der Waals surface area contributed by atoms with Gasteiger partial charge in [-0.3, -0.25) is 9.78 Å². The van der Waals surface area contributed by atoms with Crippen molar-refractivity contribution in [3.63, 3.8) is 0 Å². The molecule has 0 bridgehead atoms. The monoisotopic (exact) mass is 255 g/mol. The minimum atomic E-state index is -0.0821. The lowest BCUT2D eigenvalue weighted by Gasteiger charge is -2.18. The molecule has 0 fully saturated rings. The smallest absolute Gasteiger partial charge is 0.255 e. The highest BCUT2D eigenvalue weighted by Gasteiger charge is 2.14. The van der Waals surface area contributed by atoms with Crippen molar-refractivity contribution in [3.05, 3.63) is 59.4 Å². The predicted molar refractivity (Wildman–Crippen MR) is 75.6 cm³/mol. The van der Waals surface area contributed by atoms with Gasteiger partial charge in [-0.1, -0.05) is 12.1 Å². The molecule has 1 amide bonds. The van der Waals surface area contributed by atoms with Crippen molar-refractivity contribution in [2.24, 2.45) is 0 Å². The number of aromatic nitrogens is 1. The average molecular weight is 255 g/mol. The third-order valence-corrected chi connectivity index (χ3v) is 2.93. The van der Waals surface area contributed by atoms with Gasteiger partial charge in [-0.2, -0.15) is 0 Å². The summed E-state index contributed by atoms with van der Waals surface area (Å²) in [5.74, 6) is -0.0821. The zero-order chi connectivity index (χ0) is 13.8. The van der Waals surface area contributed by atoms with Crippen LogP contribution in [0.4, 0.5) is 5.69 Å². The van der Waals surface area contributed by atoms with Crippen LogP contribution < -0.4 is 5.73 Å². The van der Waals surface area contributed by atoms with Gasteiger partial charge in [0.05, 0.1) is 5.56 Å². The fourth-order valence-corrected chi connectivity index (χ4v) is 1.92. The maximum Gasteiger partial charge on any atom is 0.255 e. The van der Waals surface area contributed by atoms with E-state index in [2.05, 4.69) is 4.98 Å². The second-order valence-electron chi connectivity index (χ2n) is 4.61. The molecule has 4 heteroatoms. The molecule has 19 heavy (non-hydrogen) atoms. The van der Waals surface area contributed by atoms with Gasteiger partial charge >= 0.3 is 0 Å². The van der Waals surface area contributed by atoms with Gasteiger partial charge in [0.1, 0.15) is 0 Å². The van der Waals surface area contributed by atoms with Crippen LogP contribution in [0, 0.1) is 6.92 Å². The maximum atomic E-state index is 12.3. The lowest BCUT2D eigenvalue weighted by Crippen LogP contribution is -2.27. The van der Waals surface area contributed by atoms with E-state index in [0.717, 1.165) is 11.1 Å². The summed E-state index contributed by atoms with van der Waals surface area (Å²) < 4.78 is 0. The number of hydrogen-bond acceptors (Lipinski definition) is 3. The Balaban J connectivity index is 2.15. The van der Waals surface area contributed by atoms with E-state index in [0.29, 0.717) is 17.8 Å². The minimum absolute atomic E-state index is 0.0821. The third-order valence-electron chi connectivity index (χ3n) is 2.93. The number of carbonyl (C=O) groups is 1. The molecule has 1 heterocycles. The van der Waals surface area contributed by atoms with Crippen molar-refractivity contribution in [1.29, 1.82) is 0 Å². The molecule has 2 rings (SSSR count). The Kier molecular flexibility index (Phi) is 3.80. The fraction of sp³-hybridized carbons (Fsp3) is 0.200. The average Bonchev–Trinajstić information content (AvgIpc) is 2.39.